The highest BCUT2D eigenvalue weighted by atomic mass is 19.4. The van der Waals surface area contributed by atoms with Gasteiger partial charge in [0.1, 0.15) is 17.0 Å². The standard InChI is InChI=1S/C23H27F3N6O4/c1-35-22-13-31(20(33)7-4-15-2-5-17(6-3-15)36-23(24,25)26)10-16(22)11-32(14-22)21(34)30-9-8-18-19(12-30)28-29-27-18/h2-3,5-6,16H,4,7-14H2,1H3,(H,27,28,29)/t16?,22-/m0/s1. The first kappa shape index (κ1) is 24.3. The molecule has 0 radical (unpaired) electrons. The number of urea groups is 1. The van der Waals surface area contributed by atoms with E-state index in [-0.39, 0.29) is 30.0 Å². The zero-order chi connectivity index (χ0) is 25.5. The quantitative estimate of drug-likeness (QED) is 0.663. The number of benzene rings is 1. The molecule has 5 rings (SSSR count). The molecule has 1 aromatic carbocycles. The third-order valence-electron chi connectivity index (χ3n) is 7.29. The summed E-state index contributed by atoms with van der Waals surface area (Å²) in [6.07, 6.45) is -3.46. The van der Waals surface area contributed by atoms with Crippen LogP contribution in [0.25, 0.3) is 0 Å². The number of alkyl halides is 3. The van der Waals surface area contributed by atoms with Gasteiger partial charge in [-0.2, -0.15) is 15.4 Å². The Balaban J connectivity index is 1.14. The van der Waals surface area contributed by atoms with Crippen LogP contribution in [0.5, 0.6) is 5.75 Å². The molecular weight excluding hydrogens is 481 g/mol. The number of methoxy groups -OCH3 is 1. The van der Waals surface area contributed by atoms with Crippen molar-refractivity contribution >= 4 is 11.9 Å². The minimum atomic E-state index is -4.74. The van der Waals surface area contributed by atoms with E-state index in [1.54, 1.807) is 21.8 Å². The van der Waals surface area contributed by atoms with Gasteiger partial charge in [-0.1, -0.05) is 12.1 Å². The number of H-pyrrole nitrogens is 1. The molecule has 2 aromatic rings. The molecule has 0 bridgehead atoms. The average Bonchev–Trinajstić information content (AvgIpc) is 3.54. The molecule has 194 valence electrons. The Kier molecular flexibility index (Phi) is 6.27. The molecule has 3 amide bonds. The largest absolute Gasteiger partial charge is 0.573 e. The Morgan fingerprint density at radius 3 is 2.47 bits per heavy atom. The number of hydrogen-bond donors (Lipinski definition) is 1. The van der Waals surface area contributed by atoms with Crippen LogP contribution in [0.3, 0.4) is 0 Å². The highest BCUT2D eigenvalue weighted by Gasteiger charge is 2.55. The summed E-state index contributed by atoms with van der Waals surface area (Å²) in [5.74, 6) is -0.345. The van der Waals surface area contributed by atoms with Crippen LogP contribution >= 0.6 is 0 Å². The van der Waals surface area contributed by atoms with E-state index < -0.39 is 12.0 Å². The topological polar surface area (TPSA) is 104 Å². The Bertz CT molecular complexity index is 1120. The fourth-order valence-electron chi connectivity index (χ4n) is 5.37. The van der Waals surface area contributed by atoms with Gasteiger partial charge in [-0.3, -0.25) is 4.79 Å². The van der Waals surface area contributed by atoms with Crippen molar-refractivity contribution < 1.29 is 32.2 Å². The molecule has 3 aliphatic heterocycles. The second kappa shape index (κ2) is 9.26. The average molecular weight is 509 g/mol. The smallest absolute Gasteiger partial charge is 0.406 e. The molecule has 0 spiro atoms. The lowest BCUT2D eigenvalue weighted by Gasteiger charge is -2.32. The molecule has 10 nitrogen and oxygen atoms in total. The molecule has 2 saturated heterocycles. The molecule has 3 aliphatic rings. The number of likely N-dealkylation sites (tertiary alicyclic amines) is 2. The van der Waals surface area contributed by atoms with Gasteiger partial charge < -0.3 is 24.2 Å². The zero-order valence-corrected chi connectivity index (χ0v) is 19.8. The first-order valence-corrected chi connectivity index (χ1v) is 11.8. The molecule has 0 aliphatic carbocycles. The molecule has 1 aromatic heterocycles. The van der Waals surface area contributed by atoms with Gasteiger partial charge in [0.25, 0.3) is 0 Å². The number of fused-ring (bicyclic) bond motifs is 2. The number of rotatable bonds is 5. The number of amides is 3. The summed E-state index contributed by atoms with van der Waals surface area (Å²) in [7, 11) is 1.61. The van der Waals surface area contributed by atoms with E-state index in [0.717, 1.165) is 17.0 Å². The lowest BCUT2D eigenvalue weighted by Crippen LogP contribution is -2.48. The van der Waals surface area contributed by atoms with Crippen molar-refractivity contribution in [2.24, 2.45) is 5.92 Å². The monoisotopic (exact) mass is 508 g/mol. The van der Waals surface area contributed by atoms with Crippen LogP contribution < -0.4 is 4.74 Å². The lowest BCUT2D eigenvalue weighted by atomic mass is 9.95. The van der Waals surface area contributed by atoms with Gasteiger partial charge >= 0.3 is 12.4 Å². The normalized spacial score (nSPS) is 23.6. The molecule has 2 atom stereocenters. The molecule has 0 saturated carbocycles. The van der Waals surface area contributed by atoms with E-state index >= 15 is 0 Å². The van der Waals surface area contributed by atoms with Crippen molar-refractivity contribution in [1.29, 1.82) is 0 Å². The number of ether oxygens (including phenoxy) is 2. The van der Waals surface area contributed by atoms with E-state index in [0.29, 0.717) is 52.1 Å². The van der Waals surface area contributed by atoms with Crippen molar-refractivity contribution in [3.63, 3.8) is 0 Å². The predicted molar refractivity (Wildman–Crippen MR) is 119 cm³/mol. The van der Waals surface area contributed by atoms with E-state index in [2.05, 4.69) is 20.1 Å². The zero-order valence-electron chi connectivity index (χ0n) is 19.8. The summed E-state index contributed by atoms with van der Waals surface area (Å²) in [6, 6.07) is 5.46. The Hall–Kier alpha value is -3.35. The third-order valence-corrected chi connectivity index (χ3v) is 7.29. The van der Waals surface area contributed by atoms with Crippen LogP contribution in [0, 0.1) is 5.92 Å². The number of carbonyl (C=O) groups is 2. The summed E-state index contributed by atoms with van der Waals surface area (Å²) in [5.41, 5.74) is 1.81. The number of aromatic nitrogens is 3. The first-order valence-electron chi connectivity index (χ1n) is 11.8. The fourth-order valence-corrected chi connectivity index (χ4v) is 5.37. The molecule has 1 unspecified atom stereocenters. The second-order valence-electron chi connectivity index (χ2n) is 9.48. The van der Waals surface area contributed by atoms with Crippen LogP contribution in [0.15, 0.2) is 24.3 Å². The molecule has 13 heteroatoms. The predicted octanol–water partition coefficient (Wildman–Crippen LogP) is 1.97. The van der Waals surface area contributed by atoms with Crippen molar-refractivity contribution in [1.82, 2.24) is 30.1 Å². The lowest BCUT2D eigenvalue weighted by molar-refractivity contribution is -0.274. The summed E-state index contributed by atoms with van der Waals surface area (Å²) < 4.78 is 46.7. The van der Waals surface area contributed by atoms with Crippen LogP contribution in [0.1, 0.15) is 23.4 Å². The SMILES string of the molecule is CO[C@]12CN(C(=O)CCc3ccc(OC(F)(F)F)cc3)CC1CN(C(=O)N1CCc3n[nH]nc3C1)C2. The summed E-state index contributed by atoms with van der Waals surface area (Å²) in [5, 5.41) is 10.8. The first-order chi connectivity index (χ1) is 17.2. The molecule has 2 fully saturated rings. The van der Waals surface area contributed by atoms with Crippen LogP contribution in [-0.4, -0.2) is 93.8 Å². The van der Waals surface area contributed by atoms with Gasteiger partial charge in [-0.05, 0) is 24.1 Å². The van der Waals surface area contributed by atoms with E-state index in [4.69, 9.17) is 4.74 Å². The number of nitrogens with zero attached hydrogens (tertiary/aromatic N) is 5. The van der Waals surface area contributed by atoms with Gasteiger partial charge in [0.05, 0.1) is 25.3 Å². The van der Waals surface area contributed by atoms with Crippen LogP contribution in [-0.2, 0) is 28.9 Å². The Morgan fingerprint density at radius 1 is 1.08 bits per heavy atom. The number of nitrogens with one attached hydrogen (secondary N) is 1. The molecule has 1 N–H and O–H groups in total. The maximum Gasteiger partial charge on any atom is 0.573 e. The van der Waals surface area contributed by atoms with Crippen LogP contribution in [0.2, 0.25) is 0 Å². The second-order valence-corrected chi connectivity index (χ2v) is 9.48. The maximum atomic E-state index is 13.2. The third kappa shape index (κ3) is 4.84. The van der Waals surface area contributed by atoms with Crippen molar-refractivity contribution in [2.45, 2.75) is 37.8 Å². The Morgan fingerprint density at radius 2 is 1.78 bits per heavy atom. The minimum absolute atomic E-state index is 0.00148. The minimum Gasteiger partial charge on any atom is -0.406 e. The number of carbonyl (C=O) groups excluding carboxylic acids is 2. The highest BCUT2D eigenvalue weighted by Crippen LogP contribution is 2.38. The molecule has 36 heavy (non-hydrogen) atoms. The van der Waals surface area contributed by atoms with E-state index in [1.165, 1.54) is 24.3 Å². The van der Waals surface area contributed by atoms with Crippen molar-refractivity contribution in [3.05, 3.63) is 41.2 Å². The van der Waals surface area contributed by atoms with E-state index in [1.807, 2.05) is 0 Å². The fraction of sp³-hybridized carbons (Fsp3) is 0.565. The van der Waals surface area contributed by atoms with Gasteiger partial charge in [0.2, 0.25) is 5.91 Å². The maximum absolute atomic E-state index is 13.2. The number of hydrogen-bond acceptors (Lipinski definition) is 6. The summed E-state index contributed by atoms with van der Waals surface area (Å²) in [4.78, 5) is 31.4. The van der Waals surface area contributed by atoms with Gasteiger partial charge in [0.15, 0.2) is 0 Å². The Labute approximate surface area is 205 Å². The number of halogens is 3. The molecule has 4 heterocycles. The van der Waals surface area contributed by atoms with Gasteiger partial charge in [-0.25, -0.2) is 4.79 Å². The number of aryl methyl sites for hydroxylation is 1. The summed E-state index contributed by atoms with van der Waals surface area (Å²) >= 11 is 0. The van der Waals surface area contributed by atoms with E-state index in [9.17, 15) is 22.8 Å². The van der Waals surface area contributed by atoms with Crippen LogP contribution in [0.4, 0.5) is 18.0 Å². The molecular formula is C23H27F3N6O4. The number of aromatic amines is 1. The highest BCUT2D eigenvalue weighted by molar-refractivity contribution is 5.78. The van der Waals surface area contributed by atoms with Gasteiger partial charge in [-0.15, -0.1) is 13.2 Å². The van der Waals surface area contributed by atoms with Crippen molar-refractivity contribution in [2.75, 3.05) is 39.8 Å². The summed E-state index contributed by atoms with van der Waals surface area (Å²) in [6.45, 7) is 2.77. The van der Waals surface area contributed by atoms with Crippen molar-refractivity contribution in [3.8, 4) is 5.75 Å². The van der Waals surface area contributed by atoms with Gasteiger partial charge in [0, 0.05) is 45.5 Å².